The van der Waals surface area contributed by atoms with Crippen LogP contribution >= 0.6 is 15.9 Å². The molecule has 1 aliphatic rings. The Kier molecular flexibility index (Phi) is 6.48. The fourth-order valence-corrected chi connectivity index (χ4v) is 3.28. The number of aliphatic carboxylic acids is 1. The highest BCUT2D eigenvalue weighted by molar-refractivity contribution is 9.10. The first-order valence-corrected chi connectivity index (χ1v) is 8.90. The van der Waals surface area contributed by atoms with Gasteiger partial charge in [0.15, 0.2) is 0 Å². The van der Waals surface area contributed by atoms with Gasteiger partial charge in [0.05, 0.1) is 12.0 Å². The molecule has 0 saturated heterocycles. The largest absolute Gasteiger partial charge is 0.491 e. The zero-order chi connectivity index (χ0) is 17.7. The average Bonchev–Trinajstić information content (AvgIpc) is 2.46. The molecule has 0 unspecified atom stereocenters. The maximum atomic E-state index is 12.1. The van der Waals surface area contributed by atoms with Crippen LogP contribution in [0.3, 0.4) is 0 Å². The Bertz CT molecular complexity index is 598. The van der Waals surface area contributed by atoms with Crippen LogP contribution in [0.5, 0.6) is 5.75 Å². The van der Waals surface area contributed by atoms with E-state index in [4.69, 9.17) is 9.84 Å². The third-order valence-corrected chi connectivity index (χ3v) is 4.37. The molecule has 3 N–H and O–H groups in total. The lowest BCUT2D eigenvalue weighted by molar-refractivity contribution is -0.142. The summed E-state index contributed by atoms with van der Waals surface area (Å²) < 4.78 is 6.46. The van der Waals surface area contributed by atoms with Crippen molar-refractivity contribution in [2.75, 3.05) is 5.32 Å². The normalized spacial score (nSPS) is 20.5. The molecule has 0 spiro atoms. The zero-order valence-corrected chi connectivity index (χ0v) is 15.4. The molecule has 0 aromatic heterocycles. The summed E-state index contributed by atoms with van der Waals surface area (Å²) in [5.74, 6) is -0.353. The first-order chi connectivity index (χ1) is 11.3. The van der Waals surface area contributed by atoms with Gasteiger partial charge < -0.3 is 20.5 Å². The molecule has 132 valence electrons. The number of carboxylic acids is 1. The Labute approximate surface area is 150 Å². The van der Waals surface area contributed by atoms with Crippen molar-refractivity contribution >= 4 is 33.6 Å². The number of hydrogen-bond donors (Lipinski definition) is 3. The van der Waals surface area contributed by atoms with Crippen molar-refractivity contribution in [2.45, 2.75) is 51.7 Å². The molecular weight excluding hydrogens is 376 g/mol. The highest BCUT2D eigenvalue weighted by atomic mass is 79.9. The van der Waals surface area contributed by atoms with Gasteiger partial charge in [-0.25, -0.2) is 4.79 Å². The van der Waals surface area contributed by atoms with Crippen molar-refractivity contribution < 1.29 is 19.4 Å². The number of urea groups is 1. The van der Waals surface area contributed by atoms with Crippen LogP contribution in [0.2, 0.25) is 0 Å². The van der Waals surface area contributed by atoms with Crippen molar-refractivity contribution in [3.63, 3.8) is 0 Å². The first kappa shape index (κ1) is 18.6. The molecule has 1 fully saturated rings. The van der Waals surface area contributed by atoms with Crippen molar-refractivity contribution in [1.29, 1.82) is 0 Å². The van der Waals surface area contributed by atoms with Crippen LogP contribution in [-0.2, 0) is 4.79 Å². The number of nitrogens with one attached hydrogen (secondary N) is 2. The molecule has 0 radical (unpaired) electrons. The third kappa shape index (κ3) is 5.70. The smallest absolute Gasteiger partial charge is 0.319 e. The zero-order valence-electron chi connectivity index (χ0n) is 13.8. The van der Waals surface area contributed by atoms with Crippen molar-refractivity contribution in [1.82, 2.24) is 5.32 Å². The van der Waals surface area contributed by atoms with Crippen LogP contribution in [0.1, 0.15) is 39.5 Å². The highest BCUT2D eigenvalue weighted by Crippen LogP contribution is 2.26. The molecular formula is C17H23BrN2O4. The number of hydrogen-bond acceptors (Lipinski definition) is 3. The van der Waals surface area contributed by atoms with E-state index in [0.29, 0.717) is 37.1 Å². The van der Waals surface area contributed by atoms with Crippen LogP contribution in [0.15, 0.2) is 22.7 Å². The predicted molar refractivity (Wildman–Crippen MR) is 95.4 cm³/mol. The van der Waals surface area contributed by atoms with Gasteiger partial charge in [-0.15, -0.1) is 0 Å². The molecule has 0 heterocycles. The summed E-state index contributed by atoms with van der Waals surface area (Å²) in [5.41, 5.74) is 0.636. The summed E-state index contributed by atoms with van der Waals surface area (Å²) in [4.78, 5) is 23.1. The minimum Gasteiger partial charge on any atom is -0.491 e. The molecule has 1 saturated carbocycles. The lowest BCUT2D eigenvalue weighted by atomic mass is 9.86. The fraction of sp³-hybridized carbons (Fsp3) is 0.529. The lowest BCUT2D eigenvalue weighted by Crippen LogP contribution is -2.40. The van der Waals surface area contributed by atoms with Crippen LogP contribution in [0.4, 0.5) is 10.5 Å². The van der Waals surface area contributed by atoms with Gasteiger partial charge >= 0.3 is 12.0 Å². The molecule has 1 aliphatic carbocycles. The number of carboxylic acid groups (broad SMARTS) is 1. The van der Waals surface area contributed by atoms with E-state index in [1.54, 1.807) is 12.1 Å². The number of carbonyl (C=O) groups is 2. The number of carbonyl (C=O) groups excluding carboxylic acids is 1. The molecule has 1 aromatic carbocycles. The van der Waals surface area contributed by atoms with Crippen molar-refractivity contribution in [2.24, 2.45) is 5.92 Å². The molecule has 24 heavy (non-hydrogen) atoms. The Balaban J connectivity index is 1.88. The van der Waals surface area contributed by atoms with Crippen molar-refractivity contribution in [3.05, 3.63) is 22.7 Å². The van der Waals surface area contributed by atoms with Gasteiger partial charge in [-0.1, -0.05) is 15.9 Å². The van der Waals surface area contributed by atoms with Gasteiger partial charge in [0.25, 0.3) is 0 Å². The molecule has 1 aromatic rings. The minimum absolute atomic E-state index is 0.0131. The van der Waals surface area contributed by atoms with E-state index >= 15 is 0 Å². The second kappa shape index (κ2) is 8.37. The average molecular weight is 399 g/mol. The van der Waals surface area contributed by atoms with Crippen LogP contribution in [-0.4, -0.2) is 29.3 Å². The summed E-state index contributed by atoms with van der Waals surface area (Å²) in [6.45, 7) is 3.88. The number of benzene rings is 1. The molecule has 7 heteroatoms. The minimum atomic E-state index is -0.746. The Hall–Kier alpha value is -1.76. The Morgan fingerprint density at radius 3 is 2.46 bits per heavy atom. The van der Waals surface area contributed by atoms with E-state index in [9.17, 15) is 9.59 Å². The monoisotopic (exact) mass is 398 g/mol. The SMILES string of the molecule is CC(C)Oc1cc(Br)cc(NC(=O)NC2CCC(C(=O)O)CC2)c1. The molecule has 0 atom stereocenters. The fourth-order valence-electron chi connectivity index (χ4n) is 2.81. The topological polar surface area (TPSA) is 87.7 Å². The van der Waals surface area contributed by atoms with Gasteiger partial charge in [-0.2, -0.15) is 0 Å². The predicted octanol–water partition coefficient (Wildman–Crippen LogP) is 4.00. The van der Waals surface area contributed by atoms with Crippen LogP contribution < -0.4 is 15.4 Å². The summed E-state index contributed by atoms with van der Waals surface area (Å²) >= 11 is 3.40. The molecule has 6 nitrogen and oxygen atoms in total. The standard InChI is InChI=1S/C17H23BrN2O4/c1-10(2)24-15-8-12(18)7-14(9-15)20-17(23)19-13-5-3-11(4-6-13)16(21)22/h7-11,13H,3-6H2,1-2H3,(H,21,22)(H2,19,20,23). The van der Waals surface area contributed by atoms with E-state index in [2.05, 4.69) is 26.6 Å². The maximum Gasteiger partial charge on any atom is 0.319 e. The summed E-state index contributed by atoms with van der Waals surface area (Å²) in [5, 5.41) is 14.7. The number of ether oxygens (including phenoxy) is 1. The summed E-state index contributed by atoms with van der Waals surface area (Å²) in [7, 11) is 0. The van der Waals surface area contributed by atoms with Gasteiger partial charge in [0.2, 0.25) is 0 Å². The second-order valence-corrected chi connectivity index (χ2v) is 7.24. The number of anilines is 1. The number of rotatable bonds is 5. The van der Waals surface area contributed by atoms with E-state index in [-0.39, 0.29) is 24.1 Å². The van der Waals surface area contributed by atoms with E-state index in [1.165, 1.54) is 0 Å². The van der Waals surface area contributed by atoms with Crippen molar-refractivity contribution in [3.8, 4) is 5.75 Å². The number of halogens is 1. The molecule has 0 bridgehead atoms. The first-order valence-electron chi connectivity index (χ1n) is 8.11. The Morgan fingerprint density at radius 1 is 1.21 bits per heavy atom. The quantitative estimate of drug-likeness (QED) is 0.699. The lowest BCUT2D eigenvalue weighted by Gasteiger charge is -2.26. The maximum absolute atomic E-state index is 12.1. The summed E-state index contributed by atoms with van der Waals surface area (Å²) in [6, 6.07) is 5.14. The third-order valence-electron chi connectivity index (χ3n) is 3.91. The van der Waals surface area contributed by atoms with E-state index < -0.39 is 5.97 Å². The van der Waals surface area contributed by atoms with Gasteiger partial charge in [-0.3, -0.25) is 4.79 Å². The second-order valence-electron chi connectivity index (χ2n) is 6.33. The van der Waals surface area contributed by atoms with Gasteiger partial charge in [0.1, 0.15) is 5.75 Å². The van der Waals surface area contributed by atoms with Crippen LogP contribution in [0, 0.1) is 5.92 Å². The van der Waals surface area contributed by atoms with Gasteiger partial charge in [-0.05, 0) is 51.7 Å². The molecule has 0 aliphatic heterocycles. The number of amides is 2. The van der Waals surface area contributed by atoms with E-state index in [1.807, 2.05) is 19.9 Å². The molecule has 2 amide bonds. The Morgan fingerprint density at radius 2 is 1.88 bits per heavy atom. The van der Waals surface area contributed by atoms with Crippen LogP contribution in [0.25, 0.3) is 0 Å². The van der Waals surface area contributed by atoms with E-state index in [0.717, 1.165) is 4.47 Å². The highest BCUT2D eigenvalue weighted by Gasteiger charge is 2.26. The summed E-state index contributed by atoms with van der Waals surface area (Å²) in [6.07, 6.45) is 2.62. The molecule has 2 rings (SSSR count). The van der Waals surface area contributed by atoms with Gasteiger partial charge in [0, 0.05) is 22.3 Å².